The van der Waals surface area contributed by atoms with Crippen molar-refractivity contribution in [2.24, 2.45) is 39.3 Å². The van der Waals surface area contributed by atoms with Crippen molar-refractivity contribution in [1.29, 1.82) is 0 Å². The largest absolute Gasteiger partial charge is 0.505 e. The van der Waals surface area contributed by atoms with Gasteiger partial charge in [0, 0.05) is 31.3 Å². The molecule has 11 heteroatoms. The van der Waals surface area contributed by atoms with Crippen molar-refractivity contribution >= 4 is 52.1 Å². The Morgan fingerprint density at radius 3 is 2.04 bits per heavy atom. The fraction of sp³-hybridized carbons (Fsp3) is 0.268. The second kappa shape index (κ2) is 12.4. The molecule has 3 fully saturated rings. The predicted molar refractivity (Wildman–Crippen MR) is 193 cm³/mol. The number of rotatable bonds is 6. The molecule has 4 aliphatic rings. The molecule has 2 saturated heterocycles. The number of amides is 4. The summed E-state index contributed by atoms with van der Waals surface area (Å²) in [6.45, 7) is 1.70. The van der Waals surface area contributed by atoms with Gasteiger partial charge in [0.05, 0.1) is 45.9 Å². The molecule has 1 N–H and O–H groups in total. The molecule has 0 aromatic heterocycles. The Hall–Kier alpha value is -5.97. The summed E-state index contributed by atoms with van der Waals surface area (Å²) < 4.78 is 15.0. The number of hydrogen-bond acceptors (Lipinski definition) is 8. The first kappa shape index (κ1) is 33.2. The lowest BCUT2D eigenvalue weighted by Crippen LogP contribution is -2.49. The number of halogens is 1. The van der Waals surface area contributed by atoms with Gasteiger partial charge in [-0.1, -0.05) is 42.0 Å². The van der Waals surface area contributed by atoms with E-state index in [1.165, 1.54) is 15.9 Å². The maximum absolute atomic E-state index is 15.0. The third-order valence-corrected chi connectivity index (χ3v) is 11.4. The summed E-state index contributed by atoms with van der Waals surface area (Å²) in [5.74, 6) is -7.00. The smallest absolute Gasteiger partial charge is 0.241 e. The lowest BCUT2D eigenvalue weighted by atomic mass is 9.51. The van der Waals surface area contributed by atoms with Gasteiger partial charge in [-0.2, -0.15) is 10.2 Å². The predicted octanol–water partition coefficient (Wildman–Crippen LogP) is 7.45. The lowest BCUT2D eigenvalue weighted by molar-refractivity contribution is -0.131. The summed E-state index contributed by atoms with van der Waals surface area (Å²) in [5, 5.41) is 19.7. The van der Waals surface area contributed by atoms with Crippen molar-refractivity contribution in [1.82, 2.24) is 0 Å². The van der Waals surface area contributed by atoms with Crippen molar-refractivity contribution in [3.63, 3.8) is 0 Å². The van der Waals surface area contributed by atoms with Crippen LogP contribution in [0.2, 0.25) is 0 Å². The Kier molecular flexibility index (Phi) is 7.89. The van der Waals surface area contributed by atoms with E-state index in [0.717, 1.165) is 11.8 Å². The number of azo groups is 1. The van der Waals surface area contributed by atoms with Crippen LogP contribution in [0.25, 0.3) is 0 Å². The monoisotopic (exact) mass is 697 g/mol. The van der Waals surface area contributed by atoms with Crippen LogP contribution in [0.1, 0.15) is 31.2 Å². The first-order chi connectivity index (χ1) is 25.0. The number of hydrogen-bond donors (Lipinski definition) is 1. The Morgan fingerprint density at radius 2 is 1.38 bits per heavy atom. The van der Waals surface area contributed by atoms with E-state index in [-0.39, 0.29) is 24.3 Å². The molecule has 2 aliphatic heterocycles. The normalized spacial score (nSPS) is 26.8. The average molecular weight is 698 g/mol. The molecule has 262 valence electrons. The van der Waals surface area contributed by atoms with E-state index >= 15 is 0 Å². The van der Waals surface area contributed by atoms with Crippen LogP contribution in [0.4, 0.5) is 32.8 Å². The molecule has 0 bridgehead atoms. The minimum atomic E-state index is -1.39. The van der Waals surface area contributed by atoms with Crippen LogP contribution in [0, 0.1) is 34.9 Å². The molecule has 4 amide bonds. The van der Waals surface area contributed by atoms with Crippen LogP contribution in [-0.4, -0.2) is 42.8 Å². The summed E-state index contributed by atoms with van der Waals surface area (Å²) in [4.78, 5) is 61.5. The highest BCUT2D eigenvalue weighted by Crippen LogP contribution is 2.64. The molecular weight excluding hydrogens is 661 g/mol. The number of para-hydroxylation sites is 2. The van der Waals surface area contributed by atoms with Crippen molar-refractivity contribution < 1.29 is 28.7 Å². The fourth-order valence-corrected chi connectivity index (χ4v) is 8.80. The zero-order valence-electron chi connectivity index (χ0n) is 28.8. The number of fused-ring (bicyclic) bond motifs is 4. The van der Waals surface area contributed by atoms with Crippen LogP contribution in [-0.2, 0) is 19.2 Å². The van der Waals surface area contributed by atoms with Gasteiger partial charge in [0.2, 0.25) is 23.6 Å². The number of anilines is 3. The topological polar surface area (TPSA) is 123 Å². The molecule has 4 aromatic carbocycles. The molecule has 8 rings (SSSR count). The highest BCUT2D eigenvalue weighted by Gasteiger charge is 2.68. The summed E-state index contributed by atoms with van der Waals surface area (Å²) in [6.07, 6.45) is 2.23. The van der Waals surface area contributed by atoms with Crippen molar-refractivity contribution in [3.05, 3.63) is 120 Å². The second-order valence-corrected chi connectivity index (χ2v) is 14.3. The Bertz CT molecular complexity index is 2190. The molecule has 1 saturated carbocycles. The van der Waals surface area contributed by atoms with Crippen molar-refractivity contribution in [2.45, 2.75) is 25.7 Å². The van der Waals surface area contributed by atoms with E-state index in [2.05, 4.69) is 10.2 Å². The number of phenolic OH excluding ortho intramolecular Hbond substituents is 1. The van der Waals surface area contributed by atoms with Crippen LogP contribution >= 0.6 is 0 Å². The molecular formula is C41H36FN5O5. The zero-order chi connectivity index (χ0) is 36.5. The van der Waals surface area contributed by atoms with E-state index in [1.807, 2.05) is 49.3 Å². The second-order valence-electron chi connectivity index (χ2n) is 14.3. The minimum absolute atomic E-state index is 0.145. The molecule has 0 radical (unpaired) electrons. The van der Waals surface area contributed by atoms with Crippen LogP contribution in [0.3, 0.4) is 0 Å². The summed E-state index contributed by atoms with van der Waals surface area (Å²) in [5.41, 5.74) is 2.49. The van der Waals surface area contributed by atoms with Gasteiger partial charge >= 0.3 is 0 Å². The highest BCUT2D eigenvalue weighted by molar-refractivity contribution is 6.25. The molecule has 10 nitrogen and oxygen atoms in total. The van der Waals surface area contributed by atoms with E-state index in [1.54, 1.807) is 67.6 Å². The lowest BCUT2D eigenvalue weighted by Gasteiger charge is -2.49. The van der Waals surface area contributed by atoms with Gasteiger partial charge in [-0.05, 0) is 92.4 Å². The van der Waals surface area contributed by atoms with E-state index in [9.17, 15) is 28.7 Å². The quantitative estimate of drug-likeness (QED) is 0.127. The maximum Gasteiger partial charge on any atom is 0.241 e. The van der Waals surface area contributed by atoms with E-state index in [0.29, 0.717) is 28.3 Å². The molecule has 2 aliphatic carbocycles. The first-order valence-electron chi connectivity index (χ1n) is 17.3. The maximum atomic E-state index is 15.0. The van der Waals surface area contributed by atoms with Gasteiger partial charge < -0.3 is 10.0 Å². The number of imide groups is 2. The van der Waals surface area contributed by atoms with Gasteiger partial charge in [0.1, 0.15) is 0 Å². The highest BCUT2D eigenvalue weighted by atomic mass is 19.1. The molecule has 4 aromatic rings. The van der Waals surface area contributed by atoms with Gasteiger partial charge in [0.15, 0.2) is 11.6 Å². The standard InChI is InChI=1S/C41H36FN5O5/c1-41-32(38(50)47(40(41)52)26-8-5-4-6-9-26)22-31-28(35(41)30-10-7-11-33(42)36(30)48)20-21-29-34(31)39(51)46(37(29)49)27-18-14-24(15-19-27)44-43-23-12-16-25(17-13-23)45(2)3/h4-20,29,31-32,34-35,48H,21-22H2,1-3H3. The van der Waals surface area contributed by atoms with E-state index in [4.69, 9.17) is 0 Å². The zero-order valence-corrected chi connectivity index (χ0v) is 28.8. The average Bonchev–Trinajstić information content (AvgIpc) is 3.52. The summed E-state index contributed by atoms with van der Waals surface area (Å²) in [6, 6.07) is 27.1. The van der Waals surface area contributed by atoms with Gasteiger partial charge in [-0.3, -0.25) is 24.1 Å². The molecule has 6 atom stereocenters. The van der Waals surface area contributed by atoms with Gasteiger partial charge in [0.25, 0.3) is 0 Å². The first-order valence-corrected chi connectivity index (χ1v) is 17.3. The third-order valence-electron chi connectivity index (χ3n) is 11.4. The van der Waals surface area contributed by atoms with Crippen LogP contribution < -0.4 is 14.7 Å². The number of nitrogens with zero attached hydrogens (tertiary/aromatic N) is 5. The van der Waals surface area contributed by atoms with Crippen LogP contribution in [0.5, 0.6) is 5.75 Å². The molecule has 2 heterocycles. The van der Waals surface area contributed by atoms with Crippen LogP contribution in [0.15, 0.2) is 119 Å². The number of carbonyl (C=O) groups excluding carboxylic acids is 4. The number of benzene rings is 4. The Labute approximate surface area is 299 Å². The van der Waals surface area contributed by atoms with E-state index < -0.39 is 64.3 Å². The summed E-state index contributed by atoms with van der Waals surface area (Å²) in [7, 11) is 3.91. The summed E-state index contributed by atoms with van der Waals surface area (Å²) >= 11 is 0. The Balaban J connectivity index is 1.13. The fourth-order valence-electron chi connectivity index (χ4n) is 8.80. The molecule has 0 spiro atoms. The molecule has 52 heavy (non-hydrogen) atoms. The van der Waals surface area contributed by atoms with Gasteiger partial charge in [-0.25, -0.2) is 9.29 Å². The van der Waals surface area contributed by atoms with Gasteiger partial charge in [-0.15, -0.1) is 0 Å². The number of allylic oxidation sites excluding steroid dienone is 2. The van der Waals surface area contributed by atoms with Crippen molar-refractivity contribution in [3.8, 4) is 5.75 Å². The Morgan fingerprint density at radius 1 is 0.750 bits per heavy atom. The minimum Gasteiger partial charge on any atom is -0.505 e. The third kappa shape index (κ3) is 4.97. The number of aromatic hydroxyl groups is 1. The SMILES string of the molecule is CN(C)c1ccc(N=Nc2ccc(N3C(=O)C4CC=C5C(CC6C(=O)N(c7ccccc7)C(=O)C6(C)C5c5cccc(F)c5O)C4C3=O)cc2)cc1. The van der Waals surface area contributed by atoms with Crippen molar-refractivity contribution in [2.75, 3.05) is 28.8 Å². The number of carbonyl (C=O) groups is 4. The molecule has 6 unspecified atom stereocenters. The number of phenols is 1.